The second kappa shape index (κ2) is 6.95. The van der Waals surface area contributed by atoms with Crippen LogP contribution in [-0.4, -0.2) is 41.0 Å². The van der Waals surface area contributed by atoms with Crippen molar-refractivity contribution in [1.29, 1.82) is 0 Å². The van der Waals surface area contributed by atoms with E-state index >= 15 is 0 Å². The zero-order chi connectivity index (χ0) is 18.9. The highest BCUT2D eigenvalue weighted by atomic mass is 32.2. The summed E-state index contributed by atoms with van der Waals surface area (Å²) in [5.41, 5.74) is 0.474. The van der Waals surface area contributed by atoms with Crippen molar-refractivity contribution >= 4 is 23.2 Å². The predicted octanol–water partition coefficient (Wildman–Crippen LogP) is 2.29. The lowest BCUT2D eigenvalue weighted by molar-refractivity contribution is -0.386. The third-order valence-electron chi connectivity index (χ3n) is 3.91. The van der Waals surface area contributed by atoms with Crippen LogP contribution in [0.4, 0.5) is 5.69 Å². The van der Waals surface area contributed by atoms with Crippen LogP contribution in [0.3, 0.4) is 0 Å². The van der Waals surface area contributed by atoms with Gasteiger partial charge in [0.1, 0.15) is 23.7 Å². The Hall–Kier alpha value is -2.23. The van der Waals surface area contributed by atoms with Crippen molar-refractivity contribution in [3.05, 3.63) is 27.3 Å². The standard InChI is InChI=1S/C15H22N6O3S/c1-9-13(21(23)24)10(2)20(18-9)7-12-16-17-14(19(12)6)25-8-11(22)15(3,4)5/h7-8H2,1-6H3. The number of carbonyl (C=O) groups excluding carboxylic acids is 1. The molecule has 0 fully saturated rings. The highest BCUT2D eigenvalue weighted by Crippen LogP contribution is 2.24. The van der Waals surface area contributed by atoms with Crippen LogP contribution in [-0.2, 0) is 18.4 Å². The molecule has 0 atom stereocenters. The highest BCUT2D eigenvalue weighted by Gasteiger charge is 2.24. The minimum absolute atomic E-state index is 0.0209. The molecule has 136 valence electrons. The predicted molar refractivity (Wildman–Crippen MR) is 93.6 cm³/mol. The number of ketones is 1. The topological polar surface area (TPSA) is 109 Å². The molecular formula is C15H22N6O3S. The number of nitro groups is 1. The number of hydrogen-bond donors (Lipinski definition) is 0. The second-order valence-electron chi connectivity index (χ2n) is 6.85. The van der Waals surface area contributed by atoms with Gasteiger partial charge in [-0.25, -0.2) is 0 Å². The fraction of sp³-hybridized carbons (Fsp3) is 0.600. The largest absolute Gasteiger partial charge is 0.312 e. The maximum Gasteiger partial charge on any atom is 0.312 e. The van der Waals surface area contributed by atoms with Crippen LogP contribution in [0.25, 0.3) is 0 Å². The minimum atomic E-state index is -0.426. The van der Waals surface area contributed by atoms with Gasteiger partial charge >= 0.3 is 5.69 Å². The van der Waals surface area contributed by atoms with Crippen LogP contribution in [0.2, 0.25) is 0 Å². The molecule has 0 unspecified atom stereocenters. The Bertz CT molecular complexity index is 818. The number of thioether (sulfide) groups is 1. The Balaban J connectivity index is 2.16. The maximum absolute atomic E-state index is 12.0. The molecule has 0 aliphatic heterocycles. The van der Waals surface area contributed by atoms with Crippen LogP contribution >= 0.6 is 11.8 Å². The molecule has 9 nitrogen and oxygen atoms in total. The second-order valence-corrected chi connectivity index (χ2v) is 7.80. The van der Waals surface area contributed by atoms with Crippen LogP contribution in [0, 0.1) is 29.4 Å². The number of nitrogens with zero attached hydrogens (tertiary/aromatic N) is 6. The number of aromatic nitrogens is 5. The SMILES string of the molecule is Cc1nn(Cc2nnc(SCC(=O)C(C)(C)C)n2C)c(C)c1[N+](=O)[O-]. The van der Waals surface area contributed by atoms with Crippen molar-refractivity contribution in [1.82, 2.24) is 24.5 Å². The van der Waals surface area contributed by atoms with Gasteiger partial charge in [-0.05, 0) is 13.8 Å². The summed E-state index contributed by atoms with van der Waals surface area (Å²) in [6.07, 6.45) is 0. The van der Waals surface area contributed by atoms with Gasteiger partial charge in [0.25, 0.3) is 0 Å². The Morgan fingerprint density at radius 2 is 1.92 bits per heavy atom. The number of Topliss-reactive ketones (excluding diaryl/α,β-unsaturated/α-hetero) is 1. The highest BCUT2D eigenvalue weighted by molar-refractivity contribution is 7.99. The quantitative estimate of drug-likeness (QED) is 0.438. The summed E-state index contributed by atoms with van der Waals surface area (Å²) in [7, 11) is 1.80. The first-order valence-corrected chi connectivity index (χ1v) is 8.73. The number of rotatable bonds is 6. The average Bonchev–Trinajstić information content (AvgIpc) is 2.97. The first-order valence-electron chi connectivity index (χ1n) is 7.75. The third-order valence-corrected chi connectivity index (χ3v) is 4.93. The van der Waals surface area contributed by atoms with Crippen molar-refractivity contribution in [2.45, 2.75) is 46.3 Å². The maximum atomic E-state index is 12.0. The van der Waals surface area contributed by atoms with E-state index in [0.29, 0.717) is 28.1 Å². The fourth-order valence-electron chi connectivity index (χ4n) is 2.19. The van der Waals surface area contributed by atoms with Crippen molar-refractivity contribution in [3.63, 3.8) is 0 Å². The van der Waals surface area contributed by atoms with Crippen molar-refractivity contribution in [2.75, 3.05) is 5.75 Å². The van der Waals surface area contributed by atoms with E-state index in [9.17, 15) is 14.9 Å². The van der Waals surface area contributed by atoms with Gasteiger partial charge in [0, 0.05) is 12.5 Å². The Morgan fingerprint density at radius 3 is 2.44 bits per heavy atom. The molecule has 0 aliphatic carbocycles. The van der Waals surface area contributed by atoms with E-state index in [4.69, 9.17) is 0 Å². The molecule has 2 aromatic heterocycles. The normalized spacial score (nSPS) is 11.8. The first-order chi connectivity index (χ1) is 11.5. The van der Waals surface area contributed by atoms with Crippen LogP contribution in [0.15, 0.2) is 5.16 Å². The van der Waals surface area contributed by atoms with Crippen molar-refractivity contribution < 1.29 is 9.72 Å². The van der Waals surface area contributed by atoms with Gasteiger partial charge in [-0.1, -0.05) is 32.5 Å². The van der Waals surface area contributed by atoms with Crippen molar-refractivity contribution in [2.24, 2.45) is 12.5 Å². The first kappa shape index (κ1) is 19.1. The molecule has 0 saturated heterocycles. The van der Waals surface area contributed by atoms with Crippen LogP contribution < -0.4 is 0 Å². The summed E-state index contributed by atoms with van der Waals surface area (Å²) in [5, 5.41) is 24.2. The summed E-state index contributed by atoms with van der Waals surface area (Å²) in [5.74, 6) is 1.07. The molecular weight excluding hydrogens is 344 g/mol. The summed E-state index contributed by atoms with van der Waals surface area (Å²) in [4.78, 5) is 22.7. The van der Waals surface area contributed by atoms with Crippen LogP contribution in [0.5, 0.6) is 0 Å². The van der Waals surface area contributed by atoms with Gasteiger partial charge in [-0.2, -0.15) is 5.10 Å². The van der Waals surface area contributed by atoms with Gasteiger partial charge in [-0.3, -0.25) is 19.6 Å². The molecule has 2 rings (SSSR count). The molecule has 2 aromatic rings. The van der Waals surface area contributed by atoms with Gasteiger partial charge in [0.2, 0.25) is 0 Å². The van der Waals surface area contributed by atoms with E-state index in [1.807, 2.05) is 20.8 Å². The molecule has 0 saturated carbocycles. The molecule has 25 heavy (non-hydrogen) atoms. The smallest absolute Gasteiger partial charge is 0.308 e. The van der Waals surface area contributed by atoms with E-state index < -0.39 is 10.3 Å². The molecule has 0 radical (unpaired) electrons. The zero-order valence-electron chi connectivity index (χ0n) is 15.2. The number of carbonyl (C=O) groups is 1. The number of hydrogen-bond acceptors (Lipinski definition) is 7. The Kier molecular flexibility index (Phi) is 5.31. The summed E-state index contributed by atoms with van der Waals surface area (Å²) in [6.45, 7) is 9.19. The zero-order valence-corrected chi connectivity index (χ0v) is 16.0. The average molecular weight is 366 g/mol. The third kappa shape index (κ3) is 4.06. The van der Waals surface area contributed by atoms with Gasteiger partial charge in [0.05, 0.1) is 10.7 Å². The molecule has 0 bridgehead atoms. The molecule has 10 heteroatoms. The van der Waals surface area contributed by atoms with E-state index in [1.165, 1.54) is 11.8 Å². The van der Waals surface area contributed by atoms with Gasteiger partial charge in [-0.15, -0.1) is 10.2 Å². The Morgan fingerprint density at radius 1 is 1.28 bits per heavy atom. The van der Waals surface area contributed by atoms with E-state index in [-0.39, 0.29) is 18.0 Å². The lowest BCUT2D eigenvalue weighted by atomic mass is 9.92. The molecule has 0 aliphatic rings. The molecule has 0 amide bonds. The lowest BCUT2D eigenvalue weighted by Gasteiger charge is -2.15. The fourth-order valence-corrected chi connectivity index (χ4v) is 3.29. The van der Waals surface area contributed by atoms with E-state index in [2.05, 4.69) is 15.3 Å². The van der Waals surface area contributed by atoms with Crippen molar-refractivity contribution in [3.8, 4) is 0 Å². The molecule has 0 spiro atoms. The summed E-state index contributed by atoms with van der Waals surface area (Å²) < 4.78 is 3.33. The summed E-state index contributed by atoms with van der Waals surface area (Å²) >= 11 is 1.33. The van der Waals surface area contributed by atoms with Crippen LogP contribution in [0.1, 0.15) is 38.0 Å². The van der Waals surface area contributed by atoms with E-state index in [0.717, 1.165) is 0 Å². The summed E-state index contributed by atoms with van der Waals surface area (Å²) in [6, 6.07) is 0. The molecule has 0 N–H and O–H groups in total. The monoisotopic (exact) mass is 366 g/mol. The van der Waals surface area contributed by atoms with E-state index in [1.54, 1.807) is 30.1 Å². The Labute approximate surface area is 150 Å². The lowest BCUT2D eigenvalue weighted by Crippen LogP contribution is -2.22. The molecule has 0 aromatic carbocycles. The number of aryl methyl sites for hydroxylation is 1. The minimum Gasteiger partial charge on any atom is -0.308 e. The van der Waals surface area contributed by atoms with Gasteiger partial charge in [0.15, 0.2) is 11.0 Å². The van der Waals surface area contributed by atoms with Gasteiger partial charge < -0.3 is 4.57 Å². The molecule has 2 heterocycles.